The predicted molar refractivity (Wildman–Crippen MR) is 127 cm³/mol. The van der Waals surface area contributed by atoms with Crippen molar-refractivity contribution in [2.75, 3.05) is 25.1 Å². The standard InChI is InChI=1S/C26H27FN2O3S/c1-17-6-3-4-9-25(17)33(31,32)29-13-12-21-24(16-30)28(2)23-11-10-19(15-22(23)26(21)29)18-7-5-8-20(27)14-18/h3-11,14-15,21,24,26,30H,12-13,16H2,1-2H3/t21-,24+,26-/m1/s1. The highest BCUT2D eigenvalue weighted by atomic mass is 32.2. The Bertz CT molecular complexity index is 1310. The summed E-state index contributed by atoms with van der Waals surface area (Å²) < 4.78 is 43.1. The molecule has 2 heterocycles. The Hall–Kier alpha value is -2.74. The maximum Gasteiger partial charge on any atom is 0.243 e. The summed E-state index contributed by atoms with van der Waals surface area (Å²) in [5.41, 5.74) is 4.07. The maximum atomic E-state index is 13.9. The van der Waals surface area contributed by atoms with Gasteiger partial charge in [0.15, 0.2) is 0 Å². The number of hydrogen-bond donors (Lipinski definition) is 1. The number of sulfonamides is 1. The Morgan fingerprint density at radius 3 is 2.52 bits per heavy atom. The molecule has 0 bridgehead atoms. The number of aliphatic hydroxyl groups is 1. The van der Waals surface area contributed by atoms with E-state index in [1.807, 2.05) is 50.4 Å². The van der Waals surface area contributed by atoms with Crippen molar-refractivity contribution in [3.05, 3.63) is 83.7 Å². The minimum atomic E-state index is -3.74. The Morgan fingerprint density at radius 2 is 1.79 bits per heavy atom. The smallest absolute Gasteiger partial charge is 0.243 e. The van der Waals surface area contributed by atoms with E-state index in [-0.39, 0.29) is 24.4 Å². The van der Waals surface area contributed by atoms with Crippen LogP contribution in [-0.4, -0.2) is 44.1 Å². The summed E-state index contributed by atoms with van der Waals surface area (Å²) in [4.78, 5) is 2.36. The van der Waals surface area contributed by atoms with Crippen LogP contribution in [0.5, 0.6) is 0 Å². The number of aryl methyl sites for hydroxylation is 1. The molecule has 3 atom stereocenters. The van der Waals surface area contributed by atoms with Gasteiger partial charge in [0.2, 0.25) is 10.0 Å². The van der Waals surface area contributed by atoms with Gasteiger partial charge in [0.1, 0.15) is 5.82 Å². The van der Waals surface area contributed by atoms with Gasteiger partial charge in [-0.25, -0.2) is 12.8 Å². The number of rotatable bonds is 4. The second-order valence-corrected chi connectivity index (χ2v) is 10.8. The fourth-order valence-corrected chi connectivity index (χ4v) is 7.39. The predicted octanol–water partition coefficient (Wildman–Crippen LogP) is 4.36. The van der Waals surface area contributed by atoms with Gasteiger partial charge in [-0.1, -0.05) is 36.4 Å². The molecule has 0 aliphatic carbocycles. The van der Waals surface area contributed by atoms with Crippen LogP contribution in [0.25, 0.3) is 11.1 Å². The van der Waals surface area contributed by atoms with E-state index in [4.69, 9.17) is 0 Å². The third-order valence-corrected chi connectivity index (χ3v) is 9.18. The quantitative estimate of drug-likeness (QED) is 0.621. The molecule has 0 unspecified atom stereocenters. The number of halogens is 1. The van der Waals surface area contributed by atoms with Crippen LogP contribution in [0.15, 0.2) is 71.6 Å². The van der Waals surface area contributed by atoms with Crippen LogP contribution in [0.2, 0.25) is 0 Å². The highest BCUT2D eigenvalue weighted by molar-refractivity contribution is 7.89. The first-order valence-electron chi connectivity index (χ1n) is 11.1. The van der Waals surface area contributed by atoms with Gasteiger partial charge in [-0.3, -0.25) is 0 Å². The minimum Gasteiger partial charge on any atom is -0.394 e. The number of fused-ring (bicyclic) bond motifs is 3. The summed E-state index contributed by atoms with van der Waals surface area (Å²) in [5, 5.41) is 10.2. The minimum absolute atomic E-state index is 0.0472. The van der Waals surface area contributed by atoms with E-state index in [1.165, 1.54) is 12.1 Å². The Balaban J connectivity index is 1.67. The highest BCUT2D eigenvalue weighted by Crippen LogP contribution is 2.51. The molecule has 5 rings (SSSR count). The molecule has 3 aromatic rings. The Kier molecular flexibility index (Phi) is 5.51. The largest absolute Gasteiger partial charge is 0.394 e. The molecule has 0 radical (unpaired) electrons. The lowest BCUT2D eigenvalue weighted by atomic mass is 9.81. The molecule has 5 nitrogen and oxygen atoms in total. The van der Waals surface area contributed by atoms with Crippen LogP contribution < -0.4 is 4.90 Å². The zero-order valence-electron chi connectivity index (χ0n) is 18.6. The average molecular weight is 467 g/mol. The SMILES string of the molecule is Cc1ccccc1S(=O)(=O)N1CC[C@@H]2[C@H](CO)N(C)c3ccc(-c4cccc(F)c4)cc3[C@@H]21. The van der Waals surface area contributed by atoms with Crippen LogP contribution in [0, 0.1) is 18.7 Å². The molecule has 1 saturated heterocycles. The number of aliphatic hydroxyl groups excluding tert-OH is 1. The molecule has 1 N–H and O–H groups in total. The summed E-state index contributed by atoms with van der Waals surface area (Å²) >= 11 is 0. The van der Waals surface area contributed by atoms with Crippen molar-refractivity contribution in [3.8, 4) is 11.1 Å². The molecule has 7 heteroatoms. The monoisotopic (exact) mass is 466 g/mol. The molecule has 0 aromatic heterocycles. The first-order valence-corrected chi connectivity index (χ1v) is 12.6. The van der Waals surface area contributed by atoms with Crippen molar-refractivity contribution in [2.45, 2.75) is 30.3 Å². The van der Waals surface area contributed by atoms with Gasteiger partial charge in [-0.05, 0) is 65.9 Å². The van der Waals surface area contributed by atoms with Gasteiger partial charge in [-0.15, -0.1) is 0 Å². The lowest BCUT2D eigenvalue weighted by Crippen LogP contribution is -2.48. The van der Waals surface area contributed by atoms with Gasteiger partial charge >= 0.3 is 0 Å². The third kappa shape index (κ3) is 3.55. The molecule has 0 saturated carbocycles. The molecule has 33 heavy (non-hydrogen) atoms. The third-order valence-electron chi connectivity index (χ3n) is 7.14. The Labute approximate surface area is 194 Å². The highest BCUT2D eigenvalue weighted by Gasteiger charge is 2.50. The van der Waals surface area contributed by atoms with E-state index in [2.05, 4.69) is 4.90 Å². The van der Waals surface area contributed by atoms with Crippen LogP contribution in [0.3, 0.4) is 0 Å². The topological polar surface area (TPSA) is 60.9 Å². The van der Waals surface area contributed by atoms with Crippen molar-refractivity contribution in [1.29, 1.82) is 0 Å². The summed E-state index contributed by atoms with van der Waals surface area (Å²) in [6.45, 7) is 2.14. The van der Waals surface area contributed by atoms with Gasteiger partial charge in [0.25, 0.3) is 0 Å². The number of likely N-dealkylation sites (N-methyl/N-ethyl adjacent to an activating group) is 1. The maximum absolute atomic E-state index is 13.9. The number of hydrogen-bond acceptors (Lipinski definition) is 4. The fourth-order valence-electron chi connectivity index (χ4n) is 5.50. The second kappa shape index (κ2) is 8.24. The molecule has 0 amide bonds. The lowest BCUT2D eigenvalue weighted by Gasteiger charge is -2.44. The van der Waals surface area contributed by atoms with E-state index in [0.29, 0.717) is 23.4 Å². The van der Waals surface area contributed by atoms with E-state index in [0.717, 1.165) is 22.4 Å². The van der Waals surface area contributed by atoms with Gasteiger partial charge in [-0.2, -0.15) is 4.31 Å². The zero-order valence-corrected chi connectivity index (χ0v) is 19.5. The summed E-state index contributed by atoms with van der Waals surface area (Å²) in [6.07, 6.45) is 0.662. The van der Waals surface area contributed by atoms with Crippen molar-refractivity contribution in [2.24, 2.45) is 5.92 Å². The number of anilines is 1. The molecule has 172 valence electrons. The second-order valence-electron chi connectivity index (χ2n) is 8.92. The lowest BCUT2D eigenvalue weighted by molar-refractivity contribution is 0.193. The number of nitrogens with zero attached hydrogens (tertiary/aromatic N) is 2. The molecule has 0 spiro atoms. The van der Waals surface area contributed by atoms with E-state index in [1.54, 1.807) is 22.5 Å². The summed E-state index contributed by atoms with van der Waals surface area (Å²) in [5.74, 6) is -0.362. The van der Waals surface area contributed by atoms with Crippen LogP contribution in [0.1, 0.15) is 23.6 Å². The summed E-state index contributed by atoms with van der Waals surface area (Å²) in [6, 6.07) is 18.7. The van der Waals surface area contributed by atoms with Crippen LogP contribution >= 0.6 is 0 Å². The van der Waals surface area contributed by atoms with Gasteiger partial charge in [0.05, 0.1) is 23.6 Å². The molecule has 3 aromatic carbocycles. The van der Waals surface area contributed by atoms with Gasteiger partial charge in [0, 0.05) is 25.2 Å². The molecular formula is C26H27FN2O3S. The zero-order chi connectivity index (χ0) is 23.3. The molecule has 2 aliphatic rings. The van der Waals surface area contributed by atoms with Crippen LogP contribution in [-0.2, 0) is 10.0 Å². The first kappa shape index (κ1) is 22.1. The van der Waals surface area contributed by atoms with E-state index >= 15 is 0 Å². The van der Waals surface area contributed by atoms with Gasteiger partial charge < -0.3 is 10.0 Å². The van der Waals surface area contributed by atoms with Crippen molar-refractivity contribution >= 4 is 15.7 Å². The van der Waals surface area contributed by atoms with Crippen LogP contribution in [0.4, 0.5) is 10.1 Å². The van der Waals surface area contributed by atoms with E-state index < -0.39 is 16.1 Å². The molecule has 1 fully saturated rings. The van der Waals surface area contributed by atoms with Crippen molar-refractivity contribution < 1.29 is 17.9 Å². The van der Waals surface area contributed by atoms with Crippen molar-refractivity contribution in [3.63, 3.8) is 0 Å². The van der Waals surface area contributed by atoms with Crippen molar-refractivity contribution in [1.82, 2.24) is 4.31 Å². The molecule has 2 aliphatic heterocycles. The Morgan fingerprint density at radius 1 is 1.03 bits per heavy atom. The normalized spacial score (nSPS) is 22.8. The fraction of sp³-hybridized carbons (Fsp3) is 0.308. The molecular weight excluding hydrogens is 439 g/mol. The number of benzene rings is 3. The average Bonchev–Trinajstić information content (AvgIpc) is 3.25. The van der Waals surface area contributed by atoms with E-state index in [9.17, 15) is 17.9 Å². The summed E-state index contributed by atoms with van der Waals surface area (Å²) in [7, 11) is -1.80. The first-order chi connectivity index (χ1) is 15.8.